The zero-order chi connectivity index (χ0) is 11.9. The zero-order valence-electron chi connectivity index (χ0n) is 9.69. The third kappa shape index (κ3) is 1.77. The van der Waals surface area contributed by atoms with Crippen LogP contribution in [0.15, 0.2) is 18.5 Å². The molecule has 3 rings (SSSR count). The summed E-state index contributed by atoms with van der Waals surface area (Å²) in [6.45, 7) is 0. The number of hydrogen-bond donors (Lipinski definition) is 1. The molecule has 1 heterocycles. The van der Waals surface area contributed by atoms with Crippen LogP contribution in [0.3, 0.4) is 0 Å². The standard InChI is InChI=1S/C13H16N2O2/c14-12(16)10-8-15-5-2-11(10)17-9-6-13(7-9)3-1-4-13/h2,5,8-9H,1,3-4,6-7H2,(H2,14,16). The largest absolute Gasteiger partial charge is 0.489 e. The maximum Gasteiger partial charge on any atom is 0.254 e. The van der Waals surface area contributed by atoms with Crippen LogP contribution < -0.4 is 10.5 Å². The van der Waals surface area contributed by atoms with E-state index >= 15 is 0 Å². The summed E-state index contributed by atoms with van der Waals surface area (Å²) in [5, 5.41) is 0. The molecule has 1 spiro atoms. The molecule has 0 atom stereocenters. The van der Waals surface area contributed by atoms with Crippen LogP contribution in [0.1, 0.15) is 42.5 Å². The van der Waals surface area contributed by atoms with Gasteiger partial charge in [0.25, 0.3) is 5.91 Å². The van der Waals surface area contributed by atoms with Crippen LogP contribution >= 0.6 is 0 Å². The van der Waals surface area contributed by atoms with E-state index in [2.05, 4.69) is 4.98 Å². The number of carbonyl (C=O) groups excluding carboxylic acids is 1. The van der Waals surface area contributed by atoms with Crippen molar-refractivity contribution in [2.45, 2.75) is 38.2 Å². The van der Waals surface area contributed by atoms with E-state index in [1.807, 2.05) is 0 Å². The smallest absolute Gasteiger partial charge is 0.254 e. The van der Waals surface area contributed by atoms with Crippen LogP contribution in [0.2, 0.25) is 0 Å². The Bertz CT molecular complexity index is 446. The van der Waals surface area contributed by atoms with Crippen molar-refractivity contribution in [2.75, 3.05) is 0 Å². The molecule has 0 aromatic carbocycles. The number of ether oxygens (including phenoxy) is 1. The summed E-state index contributed by atoms with van der Waals surface area (Å²) in [5.41, 5.74) is 6.23. The van der Waals surface area contributed by atoms with Gasteiger partial charge < -0.3 is 10.5 Å². The first kappa shape index (κ1) is 10.6. The van der Waals surface area contributed by atoms with Crippen molar-refractivity contribution in [3.05, 3.63) is 24.0 Å². The van der Waals surface area contributed by atoms with Gasteiger partial charge in [-0.15, -0.1) is 0 Å². The fraction of sp³-hybridized carbons (Fsp3) is 0.538. The molecular formula is C13H16N2O2. The van der Waals surface area contributed by atoms with E-state index in [0.717, 1.165) is 12.8 Å². The van der Waals surface area contributed by atoms with Crippen molar-refractivity contribution < 1.29 is 9.53 Å². The molecule has 1 aromatic heterocycles. The first-order valence-corrected chi connectivity index (χ1v) is 6.09. The van der Waals surface area contributed by atoms with Crippen LogP contribution in [0.4, 0.5) is 0 Å². The molecule has 1 aromatic rings. The summed E-state index contributed by atoms with van der Waals surface area (Å²) in [6, 6.07) is 1.71. The Morgan fingerprint density at radius 1 is 1.47 bits per heavy atom. The molecule has 0 radical (unpaired) electrons. The van der Waals surface area contributed by atoms with E-state index in [4.69, 9.17) is 10.5 Å². The van der Waals surface area contributed by atoms with Crippen molar-refractivity contribution >= 4 is 5.91 Å². The molecule has 2 saturated carbocycles. The highest BCUT2D eigenvalue weighted by Gasteiger charge is 2.49. The number of nitrogens with two attached hydrogens (primary N) is 1. The molecule has 2 fully saturated rings. The van der Waals surface area contributed by atoms with Crippen molar-refractivity contribution in [3.8, 4) is 5.75 Å². The Kier molecular flexibility index (Phi) is 2.31. The number of nitrogens with zero attached hydrogens (tertiary/aromatic N) is 1. The summed E-state index contributed by atoms with van der Waals surface area (Å²) in [6.07, 6.45) is 9.61. The molecule has 1 amide bonds. The molecule has 2 aliphatic carbocycles. The fourth-order valence-corrected chi connectivity index (χ4v) is 2.92. The highest BCUT2D eigenvalue weighted by Crippen LogP contribution is 2.56. The summed E-state index contributed by atoms with van der Waals surface area (Å²) >= 11 is 0. The normalized spacial score (nSPS) is 21.6. The molecule has 2 aliphatic rings. The van der Waals surface area contributed by atoms with Crippen molar-refractivity contribution in [1.82, 2.24) is 4.98 Å². The molecule has 2 N–H and O–H groups in total. The van der Waals surface area contributed by atoms with Gasteiger partial charge in [-0.1, -0.05) is 6.42 Å². The Hall–Kier alpha value is -1.58. The highest BCUT2D eigenvalue weighted by molar-refractivity contribution is 5.95. The van der Waals surface area contributed by atoms with Crippen molar-refractivity contribution in [3.63, 3.8) is 0 Å². The zero-order valence-corrected chi connectivity index (χ0v) is 9.69. The van der Waals surface area contributed by atoms with Gasteiger partial charge in [-0.3, -0.25) is 9.78 Å². The predicted octanol–water partition coefficient (Wildman–Crippen LogP) is 1.89. The van der Waals surface area contributed by atoms with Crippen molar-refractivity contribution in [2.24, 2.45) is 11.1 Å². The minimum atomic E-state index is -0.481. The lowest BCUT2D eigenvalue weighted by Crippen LogP contribution is -2.48. The summed E-state index contributed by atoms with van der Waals surface area (Å²) in [5.74, 6) is 0.0949. The van der Waals surface area contributed by atoms with Gasteiger partial charge in [0.05, 0.1) is 11.7 Å². The number of amides is 1. The second kappa shape index (κ2) is 3.72. The number of rotatable bonds is 3. The second-order valence-electron chi connectivity index (χ2n) is 5.24. The lowest BCUT2D eigenvalue weighted by atomic mass is 9.55. The Labute approximate surface area is 100 Å². The number of pyridine rings is 1. The first-order chi connectivity index (χ1) is 8.19. The molecule has 0 unspecified atom stereocenters. The van der Waals surface area contributed by atoms with Crippen LogP contribution in [0.5, 0.6) is 5.75 Å². The third-order valence-electron chi connectivity index (χ3n) is 4.08. The van der Waals surface area contributed by atoms with Gasteiger partial charge in [0.1, 0.15) is 5.75 Å². The summed E-state index contributed by atoms with van der Waals surface area (Å²) < 4.78 is 5.83. The van der Waals surface area contributed by atoms with E-state index in [-0.39, 0.29) is 6.10 Å². The minimum Gasteiger partial charge on any atom is -0.489 e. The number of carbonyl (C=O) groups is 1. The fourth-order valence-electron chi connectivity index (χ4n) is 2.92. The predicted molar refractivity (Wildman–Crippen MR) is 62.7 cm³/mol. The third-order valence-corrected chi connectivity index (χ3v) is 4.08. The monoisotopic (exact) mass is 232 g/mol. The van der Waals surface area contributed by atoms with Crippen LogP contribution in [0.25, 0.3) is 0 Å². The minimum absolute atomic E-state index is 0.246. The van der Waals surface area contributed by atoms with Gasteiger partial charge in [0.15, 0.2) is 0 Å². The van der Waals surface area contributed by atoms with Crippen LogP contribution in [-0.4, -0.2) is 17.0 Å². The Morgan fingerprint density at radius 3 is 2.82 bits per heavy atom. The SMILES string of the molecule is NC(=O)c1cnccc1OC1CC2(CCC2)C1. The van der Waals surface area contributed by atoms with E-state index < -0.39 is 5.91 Å². The topological polar surface area (TPSA) is 65.2 Å². The Balaban J connectivity index is 1.67. The van der Waals surface area contributed by atoms with Gasteiger partial charge in [-0.2, -0.15) is 0 Å². The van der Waals surface area contributed by atoms with E-state index in [1.54, 1.807) is 12.3 Å². The van der Waals surface area contributed by atoms with E-state index in [1.165, 1.54) is 25.5 Å². The molecular weight excluding hydrogens is 216 g/mol. The molecule has 4 heteroatoms. The summed E-state index contributed by atoms with van der Waals surface area (Å²) in [4.78, 5) is 15.1. The molecule has 90 valence electrons. The van der Waals surface area contributed by atoms with Gasteiger partial charge in [-0.05, 0) is 37.2 Å². The van der Waals surface area contributed by atoms with Gasteiger partial charge in [0.2, 0.25) is 0 Å². The quantitative estimate of drug-likeness (QED) is 0.865. The lowest BCUT2D eigenvalue weighted by molar-refractivity contribution is -0.0683. The number of primary amides is 1. The Morgan fingerprint density at radius 2 is 2.24 bits per heavy atom. The molecule has 0 saturated heterocycles. The van der Waals surface area contributed by atoms with Gasteiger partial charge in [0, 0.05) is 12.4 Å². The second-order valence-corrected chi connectivity index (χ2v) is 5.24. The molecule has 4 nitrogen and oxygen atoms in total. The van der Waals surface area contributed by atoms with Crippen LogP contribution in [-0.2, 0) is 0 Å². The first-order valence-electron chi connectivity index (χ1n) is 6.09. The summed E-state index contributed by atoms with van der Waals surface area (Å²) in [7, 11) is 0. The number of hydrogen-bond acceptors (Lipinski definition) is 3. The maximum absolute atomic E-state index is 11.2. The number of aromatic nitrogens is 1. The van der Waals surface area contributed by atoms with E-state index in [0.29, 0.717) is 16.7 Å². The maximum atomic E-state index is 11.2. The molecule has 0 aliphatic heterocycles. The van der Waals surface area contributed by atoms with Gasteiger partial charge >= 0.3 is 0 Å². The average Bonchev–Trinajstić information content (AvgIpc) is 2.20. The molecule has 0 bridgehead atoms. The lowest BCUT2D eigenvalue weighted by Gasteiger charge is -2.53. The highest BCUT2D eigenvalue weighted by atomic mass is 16.5. The molecule has 17 heavy (non-hydrogen) atoms. The van der Waals surface area contributed by atoms with Gasteiger partial charge in [-0.25, -0.2) is 0 Å². The average molecular weight is 232 g/mol. The van der Waals surface area contributed by atoms with E-state index in [9.17, 15) is 4.79 Å². The van der Waals surface area contributed by atoms with Crippen LogP contribution in [0, 0.1) is 5.41 Å². The van der Waals surface area contributed by atoms with Crippen molar-refractivity contribution in [1.29, 1.82) is 0 Å².